The van der Waals surface area contributed by atoms with Gasteiger partial charge in [0.1, 0.15) is 39.3 Å². The highest BCUT2D eigenvalue weighted by molar-refractivity contribution is 6.08. The van der Waals surface area contributed by atoms with Gasteiger partial charge >= 0.3 is 0 Å². The Kier molecular flexibility index (Phi) is 6.50. The summed E-state index contributed by atoms with van der Waals surface area (Å²) in [6.07, 6.45) is 1.77. The van der Waals surface area contributed by atoms with Crippen molar-refractivity contribution in [3.05, 3.63) is 164 Å². The lowest BCUT2D eigenvalue weighted by atomic mass is 10.1. The molecule has 0 N–H and O–H groups in total. The third kappa shape index (κ3) is 4.90. The summed E-state index contributed by atoms with van der Waals surface area (Å²) in [6.45, 7) is 0. The van der Waals surface area contributed by atoms with Crippen molar-refractivity contribution in [3.63, 3.8) is 0 Å². The van der Waals surface area contributed by atoms with Gasteiger partial charge in [0.2, 0.25) is 29.1 Å². The van der Waals surface area contributed by atoms with E-state index in [-0.39, 0.29) is 0 Å². The lowest BCUT2D eigenvalue weighted by molar-refractivity contribution is 0.615. The zero-order chi connectivity index (χ0) is 38.6. The number of furan rings is 5. The summed E-state index contributed by atoms with van der Waals surface area (Å²) in [6, 6.07) is 52.0. The second kappa shape index (κ2) is 12.1. The molecule has 7 heterocycles. The molecule has 13 rings (SSSR count). The van der Waals surface area contributed by atoms with Gasteiger partial charge in [-0.05, 0) is 60.7 Å². The van der Waals surface area contributed by atoms with Crippen LogP contribution in [0.25, 0.3) is 88.0 Å². The fourth-order valence-electron chi connectivity index (χ4n) is 8.23. The highest BCUT2D eigenvalue weighted by Gasteiger charge is 2.25. The zero-order valence-electron chi connectivity index (χ0n) is 30.9. The Balaban J connectivity index is 0.959. The number of pyridine rings is 1. The number of aromatic nitrogens is 3. The van der Waals surface area contributed by atoms with Gasteiger partial charge in [0.05, 0.1) is 22.1 Å². The second-order valence-corrected chi connectivity index (χ2v) is 14.5. The third-order valence-corrected chi connectivity index (χ3v) is 11.0. The normalized spacial score (nSPS) is 12.1. The highest BCUT2D eigenvalue weighted by atomic mass is 16.4. The summed E-state index contributed by atoms with van der Waals surface area (Å²) in [4.78, 5) is 18.8. The first-order valence-electron chi connectivity index (χ1n) is 19.1. The topological polar surface area (TPSA) is 111 Å². The predicted octanol–water partition coefficient (Wildman–Crippen LogP) is 14.0. The number of nitrogens with zero attached hydrogens (tertiary/aromatic N) is 5. The van der Waals surface area contributed by atoms with E-state index in [1.54, 1.807) is 6.20 Å². The van der Waals surface area contributed by atoms with E-state index in [0.717, 1.165) is 88.0 Å². The van der Waals surface area contributed by atoms with Crippen LogP contribution in [-0.4, -0.2) is 15.0 Å². The molecular weight excluding hydrogens is 739 g/mol. The molecule has 6 aromatic carbocycles. The molecule has 7 aromatic heterocycles. The maximum atomic E-state index is 6.50. The van der Waals surface area contributed by atoms with Gasteiger partial charge in [-0.15, -0.1) is 0 Å². The Morgan fingerprint density at radius 3 is 1.49 bits per heavy atom. The molecule has 0 amide bonds. The maximum Gasteiger partial charge on any atom is 0.240 e. The number of anilines is 6. The Bertz CT molecular complexity index is 3480. The van der Waals surface area contributed by atoms with Gasteiger partial charge in [-0.3, -0.25) is 4.90 Å². The van der Waals surface area contributed by atoms with Crippen LogP contribution in [0.3, 0.4) is 0 Å². The van der Waals surface area contributed by atoms with Crippen molar-refractivity contribution in [1.82, 2.24) is 15.0 Å². The molecule has 59 heavy (non-hydrogen) atoms. The van der Waals surface area contributed by atoms with Crippen molar-refractivity contribution >= 4 is 123 Å². The van der Waals surface area contributed by atoms with E-state index < -0.39 is 0 Å². The van der Waals surface area contributed by atoms with Crippen LogP contribution in [0.1, 0.15) is 0 Å². The minimum atomic E-state index is 0.356. The molecule has 0 saturated carbocycles. The number of para-hydroxylation sites is 4. The first kappa shape index (κ1) is 31.8. The van der Waals surface area contributed by atoms with E-state index >= 15 is 0 Å². The van der Waals surface area contributed by atoms with Crippen LogP contribution in [0.5, 0.6) is 0 Å². The quantitative estimate of drug-likeness (QED) is 0.162. The van der Waals surface area contributed by atoms with E-state index in [9.17, 15) is 0 Å². The first-order valence-corrected chi connectivity index (χ1v) is 19.1. The van der Waals surface area contributed by atoms with Crippen molar-refractivity contribution < 1.29 is 22.1 Å². The van der Waals surface area contributed by atoms with Gasteiger partial charge in [0.25, 0.3) is 0 Å². The molecule has 0 aliphatic rings. The summed E-state index contributed by atoms with van der Waals surface area (Å²) in [5.41, 5.74) is 6.98. The molecule has 0 atom stereocenters. The standard InChI is InChI=1S/C49H27N5O5/c1-5-13-38-28(9-1)23-45(57-38)53(30-17-19-34-32-11-3-7-15-40(32)55-42(34)25-30)44-22-21-36-37-27-50-49(52-48(37)59-47(36)51-44)54(46-24-29-10-2-6-14-39(29)58-46)31-18-20-35-33-12-4-8-16-41(33)56-43(35)26-31/h1-27H. The minimum Gasteiger partial charge on any atom is -0.456 e. The van der Waals surface area contributed by atoms with Gasteiger partial charge in [-0.1, -0.05) is 72.8 Å². The molecule has 10 heteroatoms. The first-order chi connectivity index (χ1) is 29.2. The summed E-state index contributed by atoms with van der Waals surface area (Å²) >= 11 is 0. The predicted molar refractivity (Wildman–Crippen MR) is 231 cm³/mol. The number of rotatable bonds is 6. The molecule has 0 aliphatic heterocycles. The lowest BCUT2D eigenvalue weighted by Gasteiger charge is -2.21. The van der Waals surface area contributed by atoms with Gasteiger partial charge < -0.3 is 22.1 Å². The Hall–Kier alpha value is -8.37. The Labute approximate surface area is 332 Å². The maximum absolute atomic E-state index is 6.50. The number of hydrogen-bond acceptors (Lipinski definition) is 10. The van der Waals surface area contributed by atoms with Crippen LogP contribution >= 0.6 is 0 Å². The zero-order valence-corrected chi connectivity index (χ0v) is 30.9. The molecule has 278 valence electrons. The smallest absolute Gasteiger partial charge is 0.240 e. The molecule has 10 nitrogen and oxygen atoms in total. The van der Waals surface area contributed by atoms with Crippen LogP contribution in [0.2, 0.25) is 0 Å². The highest BCUT2D eigenvalue weighted by Crippen LogP contribution is 2.43. The average molecular weight is 766 g/mol. The summed E-state index contributed by atoms with van der Waals surface area (Å²) in [7, 11) is 0. The SMILES string of the molecule is c1ccc2oc(N(c3ccc4c(c3)oc3ccccc34)c3ccc4c(n3)oc3nc(N(c5ccc6c(c5)oc5ccccc56)c5cc6ccccc6o5)ncc34)cc2c1. The molecule has 0 spiro atoms. The number of hydrogen-bond donors (Lipinski definition) is 0. The van der Waals surface area contributed by atoms with Gasteiger partial charge in [-0.2, -0.15) is 9.97 Å². The van der Waals surface area contributed by atoms with Crippen LogP contribution in [-0.2, 0) is 0 Å². The minimum absolute atomic E-state index is 0.356. The Morgan fingerprint density at radius 1 is 0.356 bits per heavy atom. The summed E-state index contributed by atoms with van der Waals surface area (Å²) in [5.74, 6) is 2.08. The Morgan fingerprint density at radius 2 is 0.864 bits per heavy atom. The number of benzene rings is 6. The molecule has 0 bridgehead atoms. The van der Waals surface area contributed by atoms with E-state index in [1.165, 1.54) is 0 Å². The molecule has 0 radical (unpaired) electrons. The van der Waals surface area contributed by atoms with Crippen LogP contribution in [0, 0.1) is 0 Å². The average Bonchev–Trinajstić information content (AvgIpc) is 4.10. The molecule has 0 saturated heterocycles. The van der Waals surface area contributed by atoms with Crippen molar-refractivity contribution in [2.75, 3.05) is 9.80 Å². The molecule has 0 aliphatic carbocycles. The van der Waals surface area contributed by atoms with Crippen LogP contribution in [0.4, 0.5) is 34.9 Å². The van der Waals surface area contributed by atoms with Crippen LogP contribution < -0.4 is 9.80 Å². The molecule has 13 aromatic rings. The molecule has 0 unspecified atom stereocenters. The summed E-state index contributed by atoms with van der Waals surface area (Å²) < 4.78 is 32.0. The molecular formula is C49H27N5O5. The van der Waals surface area contributed by atoms with Crippen molar-refractivity contribution in [1.29, 1.82) is 0 Å². The van der Waals surface area contributed by atoms with Crippen molar-refractivity contribution in [3.8, 4) is 0 Å². The monoisotopic (exact) mass is 765 g/mol. The van der Waals surface area contributed by atoms with Crippen LogP contribution in [0.15, 0.2) is 186 Å². The lowest BCUT2D eigenvalue weighted by Crippen LogP contribution is -2.12. The van der Waals surface area contributed by atoms with E-state index in [2.05, 4.69) is 30.3 Å². The van der Waals surface area contributed by atoms with Gasteiger partial charge in [-0.25, -0.2) is 9.88 Å². The fraction of sp³-hybridized carbons (Fsp3) is 0. The van der Waals surface area contributed by atoms with E-state index in [0.29, 0.717) is 35.0 Å². The van der Waals surface area contributed by atoms with Crippen molar-refractivity contribution in [2.24, 2.45) is 0 Å². The fourth-order valence-corrected chi connectivity index (χ4v) is 8.23. The third-order valence-electron chi connectivity index (χ3n) is 11.0. The van der Waals surface area contributed by atoms with Gasteiger partial charge in [0, 0.05) is 62.8 Å². The van der Waals surface area contributed by atoms with E-state index in [1.807, 2.05) is 137 Å². The molecule has 0 fully saturated rings. The van der Waals surface area contributed by atoms with E-state index in [4.69, 9.17) is 37.0 Å². The number of fused-ring (bicyclic) bond motifs is 11. The van der Waals surface area contributed by atoms with Crippen molar-refractivity contribution in [2.45, 2.75) is 0 Å². The summed E-state index contributed by atoms with van der Waals surface area (Å²) in [5, 5.41) is 7.55. The largest absolute Gasteiger partial charge is 0.456 e. The second-order valence-electron chi connectivity index (χ2n) is 14.5. The van der Waals surface area contributed by atoms with Gasteiger partial charge in [0.15, 0.2) is 0 Å².